The molecule has 0 radical (unpaired) electrons. The van der Waals surface area contributed by atoms with Crippen molar-refractivity contribution in [2.24, 2.45) is 80.1 Å². The van der Waals surface area contributed by atoms with Crippen molar-refractivity contribution in [1.29, 1.82) is 0 Å². The van der Waals surface area contributed by atoms with E-state index in [4.69, 9.17) is 28.7 Å². The normalized spacial score (nSPS) is 15.4. The minimum Gasteiger partial charge on any atom is -0.480 e. The van der Waals surface area contributed by atoms with Crippen molar-refractivity contribution < 1.29 is 82.4 Å². The second-order valence-corrected chi connectivity index (χ2v) is 26.2. The number of carbonyl (C=O) groups is 14. The first-order valence-corrected chi connectivity index (χ1v) is 33.9. The van der Waals surface area contributed by atoms with Gasteiger partial charge in [-0.15, -0.1) is 0 Å². The van der Waals surface area contributed by atoms with Crippen LogP contribution in [0, 0.1) is 41.4 Å². The van der Waals surface area contributed by atoms with Gasteiger partial charge < -0.3 is 113 Å². The fourth-order valence-electron chi connectivity index (χ4n) is 9.66. The number of nitrogens with two attached hydrogens (primary N) is 5. The third kappa shape index (κ3) is 33.7. The maximum absolute atomic E-state index is 14.5. The molecule has 0 rings (SSSR count). The number of amides is 13. The third-order valence-electron chi connectivity index (χ3n) is 16.3. The molecule has 0 aromatic carbocycles. The molecule has 13 amide bonds. The molecule has 0 aliphatic heterocycles. The molecule has 0 fully saturated rings. The molecular formula is C63H116N20O17. The number of aliphatic hydroxyl groups excluding tert-OH is 2. The number of hydrogen-bond donors (Lipinski definition) is 21. The number of aliphatic carboxylic acids is 1. The van der Waals surface area contributed by atoms with Crippen molar-refractivity contribution in [2.45, 2.75) is 215 Å². The average Bonchev–Trinajstić information content (AvgIpc) is 0.849. The van der Waals surface area contributed by atoms with Gasteiger partial charge in [-0.25, -0.2) is 4.79 Å². The summed E-state index contributed by atoms with van der Waals surface area (Å²) in [6, 6.07) is -15.0. The van der Waals surface area contributed by atoms with Crippen LogP contribution < -0.4 is 97.8 Å². The quantitative estimate of drug-likeness (QED) is 0.0153. The highest BCUT2D eigenvalue weighted by molar-refractivity contribution is 5.99. The molecule has 0 heterocycles. The maximum Gasteiger partial charge on any atom is 0.326 e. The van der Waals surface area contributed by atoms with Gasteiger partial charge in [-0.1, -0.05) is 116 Å². The molecule has 0 spiro atoms. The average molecular weight is 1430 g/mol. The first-order valence-electron chi connectivity index (χ1n) is 33.9. The Bertz CT molecular complexity index is 2780. The van der Waals surface area contributed by atoms with Gasteiger partial charge in [0.25, 0.3) is 0 Å². The summed E-state index contributed by atoms with van der Waals surface area (Å²) in [5, 5.41) is 62.3. The van der Waals surface area contributed by atoms with Crippen molar-refractivity contribution in [2.75, 3.05) is 45.9 Å². The van der Waals surface area contributed by atoms with Crippen LogP contribution in [0.3, 0.4) is 0 Å². The number of nitrogens with one attached hydrogen (secondary N) is 13. The van der Waals surface area contributed by atoms with E-state index in [1.807, 2.05) is 0 Å². The van der Waals surface area contributed by atoms with Crippen LogP contribution in [0.5, 0.6) is 0 Å². The van der Waals surface area contributed by atoms with Gasteiger partial charge in [0.2, 0.25) is 76.8 Å². The number of aliphatic hydroxyl groups is 2. The van der Waals surface area contributed by atoms with Crippen LogP contribution in [0.15, 0.2) is 9.98 Å². The van der Waals surface area contributed by atoms with Crippen LogP contribution in [0.25, 0.3) is 0 Å². The van der Waals surface area contributed by atoms with Gasteiger partial charge in [0.1, 0.15) is 66.5 Å². The minimum absolute atomic E-state index is 0.00495. The van der Waals surface area contributed by atoms with E-state index in [-0.39, 0.29) is 63.0 Å². The number of guanidine groups is 2. The Kier molecular flexibility index (Phi) is 42.9. The summed E-state index contributed by atoms with van der Waals surface area (Å²) in [7, 11) is 0. The zero-order valence-electron chi connectivity index (χ0n) is 60.3. The van der Waals surface area contributed by atoms with Crippen LogP contribution in [-0.4, -0.2) is 222 Å². The molecule has 570 valence electrons. The molecule has 100 heavy (non-hydrogen) atoms. The maximum atomic E-state index is 14.5. The Balaban J connectivity index is 6.61. The van der Waals surface area contributed by atoms with E-state index in [1.54, 1.807) is 96.9 Å². The van der Waals surface area contributed by atoms with Crippen molar-refractivity contribution in [3.05, 3.63) is 0 Å². The summed E-state index contributed by atoms with van der Waals surface area (Å²) in [6.45, 7) is 19.9. The van der Waals surface area contributed by atoms with Crippen molar-refractivity contribution >= 4 is 94.7 Å². The lowest BCUT2D eigenvalue weighted by molar-refractivity contribution is -0.142. The molecule has 0 bridgehead atoms. The third-order valence-corrected chi connectivity index (χ3v) is 16.3. The number of aliphatic imine (C=N–C) groups is 2. The molecule has 0 aliphatic carbocycles. The van der Waals surface area contributed by atoms with Gasteiger partial charge in [0.15, 0.2) is 11.9 Å². The smallest absolute Gasteiger partial charge is 0.326 e. The Hall–Kier alpha value is -9.00. The van der Waals surface area contributed by atoms with Gasteiger partial charge >= 0.3 is 5.97 Å². The van der Waals surface area contributed by atoms with Crippen molar-refractivity contribution in [3.8, 4) is 0 Å². The molecule has 37 heteroatoms. The SMILES string of the molecule is CCC(C)C(NC(=O)C(CCCN=C(N)N)NC(=O)CNC(=O)C(NC(=O)C(NC(=O)C(NC(=O)C(NC(=O)C(CO)NC(=O)CN)C(C)C)C(C)C)C(C)CC)C(C)C)C(=O)NC(C(=O)NC(CC(C)C)C(=O)NC(CO)C(=O)NCC(=O)NC(CCCN=C(N)N)C(=O)O)C(C)CC. The summed E-state index contributed by atoms with van der Waals surface area (Å²) < 4.78 is 0. The number of carbonyl (C=O) groups excluding carboxylic acids is 13. The van der Waals surface area contributed by atoms with Crippen LogP contribution in [0.2, 0.25) is 0 Å². The van der Waals surface area contributed by atoms with E-state index in [0.29, 0.717) is 19.3 Å². The highest BCUT2D eigenvalue weighted by Gasteiger charge is 2.39. The van der Waals surface area contributed by atoms with Crippen LogP contribution in [0.4, 0.5) is 0 Å². The zero-order chi connectivity index (χ0) is 76.8. The Morgan fingerprint density at radius 1 is 0.360 bits per heavy atom. The lowest BCUT2D eigenvalue weighted by atomic mass is 9.94. The highest BCUT2D eigenvalue weighted by Crippen LogP contribution is 2.17. The molecular weight excluding hydrogens is 1310 g/mol. The Morgan fingerprint density at radius 3 is 1.03 bits per heavy atom. The molecule has 14 atom stereocenters. The standard InChI is InChI=1S/C63H116N20O17/c1-15-34(12)48(58(96)76-39(24-30(4)5)53(91)77-40(28-84)51(89)71-26-44(88)74-38(61(99)100)21-19-23-70-63(67)68)83-60(98)49(35(13)16-2)81-52(90)37(20-18-22-69-62(65)66)73-43(87)27-72-55(93)45(31(6)7)79-59(97)50(36(14)17-3)82-57(95)47(33(10)11)80-56(94)46(32(8)9)78-54(92)41(29-85)75-42(86)25-64/h30-41,45-50,84-85H,15-29,64H2,1-14H3,(H,71,89)(H,72,93)(H,73,87)(H,74,88)(H,75,86)(H,76,96)(H,77,91)(H,78,92)(H,79,97)(H,80,94)(H,81,90)(H,82,95)(H,83,98)(H,99,100)(H4,65,66,69)(H4,67,68,70). The van der Waals surface area contributed by atoms with Crippen LogP contribution in [0.1, 0.15) is 148 Å². The van der Waals surface area contributed by atoms with E-state index < -0.39 is 218 Å². The number of nitrogens with zero attached hydrogens (tertiary/aromatic N) is 2. The topological polar surface area (TPSA) is 611 Å². The van der Waals surface area contributed by atoms with E-state index >= 15 is 0 Å². The fraction of sp³-hybridized carbons (Fsp3) is 0.746. The van der Waals surface area contributed by atoms with Crippen LogP contribution >= 0.6 is 0 Å². The van der Waals surface area contributed by atoms with Gasteiger partial charge in [-0.2, -0.15) is 0 Å². The predicted molar refractivity (Wildman–Crippen MR) is 370 cm³/mol. The molecule has 0 aromatic rings. The minimum atomic E-state index is -1.65. The monoisotopic (exact) mass is 1420 g/mol. The molecule has 26 N–H and O–H groups in total. The molecule has 14 unspecified atom stereocenters. The van der Waals surface area contributed by atoms with E-state index in [9.17, 15) is 82.4 Å². The highest BCUT2D eigenvalue weighted by atomic mass is 16.4. The molecule has 0 saturated carbocycles. The lowest BCUT2D eigenvalue weighted by Crippen LogP contribution is -2.62. The number of carboxylic acids is 1. The summed E-state index contributed by atoms with van der Waals surface area (Å²) in [5.74, 6) is -16.6. The predicted octanol–water partition coefficient (Wildman–Crippen LogP) is -6.16. The van der Waals surface area contributed by atoms with Crippen LogP contribution in [-0.2, 0) is 67.1 Å². The number of hydrogen-bond acceptors (Lipinski definition) is 19. The summed E-state index contributed by atoms with van der Waals surface area (Å²) in [5.41, 5.74) is 27.0. The van der Waals surface area contributed by atoms with E-state index in [0.717, 1.165) is 0 Å². The summed E-state index contributed by atoms with van der Waals surface area (Å²) >= 11 is 0. The largest absolute Gasteiger partial charge is 0.480 e. The summed E-state index contributed by atoms with van der Waals surface area (Å²) in [6.07, 6.45) is 1.12. The zero-order valence-corrected chi connectivity index (χ0v) is 60.3. The second kappa shape index (κ2) is 47.1. The van der Waals surface area contributed by atoms with Gasteiger partial charge in [-0.3, -0.25) is 72.3 Å². The van der Waals surface area contributed by atoms with Gasteiger partial charge in [0, 0.05) is 13.1 Å². The number of carboxylic acid groups (broad SMARTS) is 1. The Morgan fingerprint density at radius 2 is 0.660 bits per heavy atom. The summed E-state index contributed by atoms with van der Waals surface area (Å²) in [4.78, 5) is 197. The fourth-order valence-corrected chi connectivity index (χ4v) is 9.66. The van der Waals surface area contributed by atoms with Crippen molar-refractivity contribution in [1.82, 2.24) is 69.1 Å². The lowest BCUT2D eigenvalue weighted by Gasteiger charge is -2.31. The molecule has 0 saturated heterocycles. The van der Waals surface area contributed by atoms with E-state index in [2.05, 4.69) is 79.1 Å². The van der Waals surface area contributed by atoms with Gasteiger partial charge in [-0.05, 0) is 73.5 Å². The molecule has 37 nitrogen and oxygen atoms in total. The molecule has 0 aromatic heterocycles. The first kappa shape index (κ1) is 91.0. The van der Waals surface area contributed by atoms with E-state index in [1.165, 1.54) is 0 Å². The molecule has 0 aliphatic rings. The first-order chi connectivity index (χ1) is 46.7. The second-order valence-electron chi connectivity index (χ2n) is 26.2. The Labute approximate surface area is 585 Å². The van der Waals surface area contributed by atoms with Gasteiger partial charge in [0.05, 0.1) is 32.8 Å². The van der Waals surface area contributed by atoms with Crippen molar-refractivity contribution in [3.63, 3.8) is 0 Å². The number of rotatable bonds is 48.